The number of hydrazone groups is 1. The number of ether oxygens (including phenoxy) is 1. The van der Waals surface area contributed by atoms with Crippen LogP contribution in [-0.2, 0) is 4.79 Å². The van der Waals surface area contributed by atoms with E-state index in [-0.39, 0.29) is 23.3 Å². The summed E-state index contributed by atoms with van der Waals surface area (Å²) in [4.78, 5) is 12.0. The Morgan fingerprint density at radius 2 is 2.17 bits per heavy atom. The smallest absolute Gasteiger partial charge is 0.277 e. The highest BCUT2D eigenvalue weighted by atomic mass is 16.5. The highest BCUT2D eigenvalue weighted by Gasteiger charge is 2.59. The Kier molecular flexibility index (Phi) is 4.08. The molecule has 0 aliphatic heterocycles. The number of fused-ring (bicyclic) bond motifs is 2. The fourth-order valence-corrected chi connectivity index (χ4v) is 4.09. The number of carbonyl (C=O) groups is 1. The summed E-state index contributed by atoms with van der Waals surface area (Å²) in [7, 11) is 0. The lowest BCUT2D eigenvalue weighted by Crippen LogP contribution is -2.35. The van der Waals surface area contributed by atoms with Crippen LogP contribution in [0.5, 0.6) is 5.75 Å². The molecule has 126 valence electrons. The van der Waals surface area contributed by atoms with E-state index in [0.717, 1.165) is 18.6 Å². The van der Waals surface area contributed by atoms with Crippen molar-refractivity contribution in [3.05, 3.63) is 29.8 Å². The maximum absolute atomic E-state index is 12.0. The predicted molar refractivity (Wildman–Crippen MR) is 91.5 cm³/mol. The van der Waals surface area contributed by atoms with E-state index in [4.69, 9.17) is 10.00 Å². The average molecular weight is 325 g/mol. The van der Waals surface area contributed by atoms with Gasteiger partial charge in [0.2, 0.25) is 0 Å². The van der Waals surface area contributed by atoms with Crippen LogP contribution in [0, 0.1) is 28.1 Å². The Morgan fingerprint density at radius 3 is 2.79 bits per heavy atom. The summed E-state index contributed by atoms with van der Waals surface area (Å²) in [6, 6.07) is 8.91. The molecule has 0 unspecified atom stereocenters. The lowest BCUT2D eigenvalue weighted by atomic mass is 9.70. The molecule has 2 atom stereocenters. The Morgan fingerprint density at radius 1 is 1.42 bits per heavy atom. The predicted octanol–water partition coefficient (Wildman–Crippen LogP) is 3.26. The summed E-state index contributed by atoms with van der Waals surface area (Å²) in [6.07, 6.45) is 3.33. The van der Waals surface area contributed by atoms with Crippen LogP contribution >= 0.6 is 0 Å². The highest BCUT2D eigenvalue weighted by Crippen LogP contribution is 2.63. The molecule has 2 bridgehead atoms. The molecule has 2 fully saturated rings. The van der Waals surface area contributed by atoms with Gasteiger partial charge in [-0.05, 0) is 42.7 Å². The topological polar surface area (TPSA) is 74.5 Å². The maximum Gasteiger partial charge on any atom is 0.277 e. The normalized spacial score (nSPS) is 28.6. The molecule has 1 aromatic rings. The molecule has 1 N–H and O–H groups in total. The molecule has 5 heteroatoms. The number of benzene rings is 1. The first-order valence-corrected chi connectivity index (χ1v) is 8.36. The number of hydrogen-bond donors (Lipinski definition) is 1. The molecule has 2 saturated carbocycles. The summed E-state index contributed by atoms with van der Waals surface area (Å²) in [5.74, 6) is 0.757. The van der Waals surface area contributed by atoms with Gasteiger partial charge in [0.1, 0.15) is 11.8 Å². The standard InChI is InChI=1S/C19H23N3O2/c1-18(2)14-8-9-19(18,3)16(10-14)21-22-17(23)12-24-15-7-5-4-6-13(15)11-20/h4-7,14H,8-10,12H2,1-3H3,(H,22,23)/b21-16+/t14-,19-/m0/s1. The van der Waals surface area contributed by atoms with Gasteiger partial charge < -0.3 is 4.74 Å². The number of amides is 1. The maximum atomic E-state index is 12.0. The number of nitrogens with one attached hydrogen (secondary N) is 1. The highest BCUT2D eigenvalue weighted by molar-refractivity contribution is 5.95. The zero-order valence-electron chi connectivity index (χ0n) is 14.4. The summed E-state index contributed by atoms with van der Waals surface area (Å²) < 4.78 is 5.43. The molecule has 0 spiro atoms. The van der Waals surface area contributed by atoms with Crippen LogP contribution in [0.2, 0.25) is 0 Å². The fourth-order valence-electron chi connectivity index (χ4n) is 4.09. The van der Waals surface area contributed by atoms with E-state index in [1.165, 1.54) is 6.42 Å². The minimum Gasteiger partial charge on any atom is -0.482 e. The van der Waals surface area contributed by atoms with Gasteiger partial charge in [-0.15, -0.1) is 0 Å². The van der Waals surface area contributed by atoms with Gasteiger partial charge in [0, 0.05) is 11.1 Å². The monoisotopic (exact) mass is 325 g/mol. The fraction of sp³-hybridized carbons (Fsp3) is 0.526. The van der Waals surface area contributed by atoms with Crippen molar-refractivity contribution in [3.63, 3.8) is 0 Å². The molecule has 0 heterocycles. The van der Waals surface area contributed by atoms with Crippen LogP contribution in [0.15, 0.2) is 29.4 Å². The first-order valence-electron chi connectivity index (χ1n) is 8.36. The molecule has 2 aliphatic carbocycles. The van der Waals surface area contributed by atoms with Gasteiger partial charge >= 0.3 is 0 Å². The number of nitriles is 1. The molecule has 0 radical (unpaired) electrons. The van der Waals surface area contributed by atoms with Crippen LogP contribution in [0.3, 0.4) is 0 Å². The molecule has 3 rings (SSSR count). The third-order valence-electron chi connectivity index (χ3n) is 6.19. The van der Waals surface area contributed by atoms with Crippen molar-refractivity contribution in [2.24, 2.45) is 21.8 Å². The third-order valence-corrected chi connectivity index (χ3v) is 6.19. The van der Waals surface area contributed by atoms with Crippen LogP contribution < -0.4 is 10.2 Å². The van der Waals surface area contributed by atoms with E-state index in [1.807, 2.05) is 6.07 Å². The van der Waals surface area contributed by atoms with E-state index in [9.17, 15) is 4.79 Å². The largest absolute Gasteiger partial charge is 0.482 e. The molecule has 0 saturated heterocycles. The summed E-state index contributed by atoms with van der Waals surface area (Å²) in [5, 5.41) is 13.4. The van der Waals surface area contributed by atoms with E-state index in [0.29, 0.717) is 17.2 Å². The van der Waals surface area contributed by atoms with Gasteiger partial charge in [0.05, 0.1) is 5.56 Å². The number of para-hydroxylation sites is 1. The lowest BCUT2D eigenvalue weighted by Gasteiger charge is -2.34. The van der Waals surface area contributed by atoms with Crippen LogP contribution in [0.1, 0.15) is 45.6 Å². The van der Waals surface area contributed by atoms with Crippen LogP contribution in [-0.4, -0.2) is 18.2 Å². The molecule has 1 aromatic carbocycles. The third kappa shape index (κ3) is 2.56. The van der Waals surface area contributed by atoms with Gasteiger partial charge in [0.15, 0.2) is 6.61 Å². The summed E-state index contributed by atoms with van der Waals surface area (Å²) in [6.45, 7) is 6.71. The van der Waals surface area contributed by atoms with E-state index in [2.05, 4.69) is 31.3 Å². The van der Waals surface area contributed by atoms with Crippen molar-refractivity contribution in [3.8, 4) is 11.8 Å². The molecule has 0 aromatic heterocycles. The average Bonchev–Trinajstić information content (AvgIpc) is 2.91. The molecule has 2 aliphatic rings. The van der Waals surface area contributed by atoms with Crippen LogP contribution in [0.4, 0.5) is 0 Å². The van der Waals surface area contributed by atoms with Crippen molar-refractivity contribution in [2.45, 2.75) is 40.0 Å². The number of hydrogen-bond acceptors (Lipinski definition) is 4. The van der Waals surface area contributed by atoms with E-state index >= 15 is 0 Å². The van der Waals surface area contributed by atoms with Gasteiger partial charge in [-0.2, -0.15) is 10.4 Å². The number of carbonyl (C=O) groups excluding carboxylic acids is 1. The van der Waals surface area contributed by atoms with Gasteiger partial charge in [-0.1, -0.05) is 32.9 Å². The zero-order valence-corrected chi connectivity index (χ0v) is 14.4. The zero-order chi connectivity index (χ0) is 17.4. The van der Waals surface area contributed by atoms with Gasteiger partial charge in [-0.3, -0.25) is 4.79 Å². The molecule has 24 heavy (non-hydrogen) atoms. The second-order valence-corrected chi connectivity index (χ2v) is 7.48. The first kappa shape index (κ1) is 16.5. The minimum absolute atomic E-state index is 0.0687. The van der Waals surface area contributed by atoms with E-state index < -0.39 is 0 Å². The Labute approximate surface area is 142 Å². The number of rotatable bonds is 4. The minimum atomic E-state index is -0.306. The van der Waals surface area contributed by atoms with Crippen LogP contribution in [0.25, 0.3) is 0 Å². The molecular formula is C19H23N3O2. The lowest BCUT2D eigenvalue weighted by molar-refractivity contribution is -0.123. The van der Waals surface area contributed by atoms with Crippen molar-refractivity contribution < 1.29 is 9.53 Å². The molecule has 5 nitrogen and oxygen atoms in total. The quantitative estimate of drug-likeness (QED) is 0.863. The second kappa shape index (κ2) is 5.94. The molecular weight excluding hydrogens is 302 g/mol. The Hall–Kier alpha value is -2.35. The van der Waals surface area contributed by atoms with Crippen molar-refractivity contribution in [1.29, 1.82) is 5.26 Å². The Balaban J connectivity index is 1.60. The van der Waals surface area contributed by atoms with E-state index in [1.54, 1.807) is 24.3 Å². The SMILES string of the molecule is CC1(C)[C@H]2CC[C@@]1(C)/C(=N/NC(=O)COc1ccccc1C#N)C2. The van der Waals surface area contributed by atoms with Crippen molar-refractivity contribution >= 4 is 11.6 Å². The van der Waals surface area contributed by atoms with Crippen molar-refractivity contribution in [2.75, 3.05) is 6.61 Å². The molecule has 1 amide bonds. The van der Waals surface area contributed by atoms with Crippen molar-refractivity contribution in [1.82, 2.24) is 5.43 Å². The second-order valence-electron chi connectivity index (χ2n) is 7.48. The summed E-state index contributed by atoms with van der Waals surface area (Å²) >= 11 is 0. The Bertz CT molecular complexity index is 732. The first-order chi connectivity index (χ1) is 11.4. The number of nitrogens with zero attached hydrogens (tertiary/aromatic N) is 2. The summed E-state index contributed by atoms with van der Waals surface area (Å²) in [5.41, 5.74) is 4.43. The van der Waals surface area contributed by atoms with Gasteiger partial charge in [-0.25, -0.2) is 5.43 Å². The van der Waals surface area contributed by atoms with Gasteiger partial charge in [0.25, 0.3) is 5.91 Å².